The number of urea groups is 1. The molecule has 20 heavy (non-hydrogen) atoms. The van der Waals surface area contributed by atoms with Crippen LogP contribution in [0.5, 0.6) is 0 Å². The van der Waals surface area contributed by atoms with E-state index in [2.05, 4.69) is 10.3 Å². The van der Waals surface area contributed by atoms with Crippen LogP contribution in [0.1, 0.15) is 38.3 Å². The summed E-state index contributed by atoms with van der Waals surface area (Å²) < 4.78 is 0. The average molecular weight is 299 g/mol. The minimum atomic E-state index is -1.04. The molecule has 2 N–H and O–H groups in total. The molecule has 0 saturated heterocycles. The van der Waals surface area contributed by atoms with E-state index in [1.54, 1.807) is 20.8 Å². The fourth-order valence-electron chi connectivity index (χ4n) is 1.72. The van der Waals surface area contributed by atoms with Gasteiger partial charge in [-0.05, 0) is 34.1 Å². The maximum absolute atomic E-state index is 12.2. The number of carboxylic acid groups (broad SMARTS) is 1. The number of carbonyl (C=O) groups excluding carboxylic acids is 1. The molecule has 0 aliphatic heterocycles. The quantitative estimate of drug-likeness (QED) is 0.895. The molecule has 0 radical (unpaired) electrons. The highest BCUT2D eigenvalue weighted by molar-refractivity contribution is 7.15. The van der Waals surface area contributed by atoms with Crippen molar-refractivity contribution in [2.45, 2.75) is 46.6 Å². The van der Waals surface area contributed by atoms with E-state index in [1.807, 2.05) is 13.8 Å². The van der Waals surface area contributed by atoms with Gasteiger partial charge in [0.25, 0.3) is 0 Å². The van der Waals surface area contributed by atoms with Crippen LogP contribution in [0, 0.1) is 6.92 Å². The molecule has 0 saturated carbocycles. The first-order chi connectivity index (χ1) is 9.15. The Kier molecular flexibility index (Phi) is 5.10. The highest BCUT2D eigenvalue weighted by Crippen LogP contribution is 2.23. The maximum Gasteiger partial charge on any atom is 0.324 e. The van der Waals surface area contributed by atoms with E-state index in [0.717, 1.165) is 17.0 Å². The number of nitrogens with one attached hydrogen (secondary N) is 1. The van der Waals surface area contributed by atoms with Crippen molar-refractivity contribution in [3.63, 3.8) is 0 Å². The second-order valence-corrected chi connectivity index (χ2v) is 6.66. The molecule has 112 valence electrons. The van der Waals surface area contributed by atoms with Crippen LogP contribution in [0.2, 0.25) is 0 Å². The number of thiazole rings is 1. The minimum absolute atomic E-state index is 0.347. The van der Waals surface area contributed by atoms with Gasteiger partial charge in [0, 0.05) is 10.4 Å². The SMILES string of the molecule is CCc1nc(NC(=O)N(CC(=O)O)C(C)(C)C)sc1C. The zero-order valence-corrected chi connectivity index (χ0v) is 13.3. The van der Waals surface area contributed by atoms with Crippen LogP contribution >= 0.6 is 11.3 Å². The van der Waals surface area contributed by atoms with E-state index in [4.69, 9.17) is 5.11 Å². The zero-order chi connectivity index (χ0) is 15.5. The summed E-state index contributed by atoms with van der Waals surface area (Å²) in [5, 5.41) is 12.1. The summed E-state index contributed by atoms with van der Waals surface area (Å²) in [6.45, 7) is 8.98. The van der Waals surface area contributed by atoms with E-state index in [9.17, 15) is 9.59 Å². The average Bonchev–Trinajstić information content (AvgIpc) is 2.64. The molecule has 0 unspecified atom stereocenters. The molecule has 0 aromatic carbocycles. The van der Waals surface area contributed by atoms with Gasteiger partial charge in [-0.15, -0.1) is 11.3 Å². The van der Waals surface area contributed by atoms with Crippen molar-refractivity contribution in [2.75, 3.05) is 11.9 Å². The molecule has 1 aromatic heterocycles. The third-order valence-corrected chi connectivity index (χ3v) is 3.72. The van der Waals surface area contributed by atoms with Crippen molar-refractivity contribution < 1.29 is 14.7 Å². The topological polar surface area (TPSA) is 82.5 Å². The molecule has 6 nitrogen and oxygen atoms in total. The van der Waals surface area contributed by atoms with Crippen LogP contribution in [-0.2, 0) is 11.2 Å². The summed E-state index contributed by atoms with van der Waals surface area (Å²) >= 11 is 1.40. The second kappa shape index (κ2) is 6.21. The number of rotatable bonds is 4. The van der Waals surface area contributed by atoms with Crippen molar-refractivity contribution in [2.24, 2.45) is 0 Å². The lowest BCUT2D eigenvalue weighted by molar-refractivity contribution is -0.138. The Labute approximate surface area is 122 Å². The van der Waals surface area contributed by atoms with Crippen molar-refractivity contribution in [1.29, 1.82) is 0 Å². The number of hydrogen-bond acceptors (Lipinski definition) is 4. The molecule has 0 aliphatic rings. The first-order valence-corrected chi connectivity index (χ1v) is 7.23. The predicted molar refractivity (Wildman–Crippen MR) is 79.3 cm³/mol. The number of aryl methyl sites for hydroxylation is 2. The van der Waals surface area contributed by atoms with Crippen LogP contribution in [0.4, 0.5) is 9.93 Å². The van der Waals surface area contributed by atoms with Gasteiger partial charge < -0.3 is 10.0 Å². The molecular formula is C13H21N3O3S. The van der Waals surface area contributed by atoms with E-state index in [1.165, 1.54) is 16.2 Å². The van der Waals surface area contributed by atoms with Gasteiger partial charge in [-0.2, -0.15) is 0 Å². The summed E-state index contributed by atoms with van der Waals surface area (Å²) in [4.78, 5) is 29.8. The van der Waals surface area contributed by atoms with Crippen molar-refractivity contribution in [1.82, 2.24) is 9.88 Å². The van der Waals surface area contributed by atoms with E-state index in [0.29, 0.717) is 5.13 Å². The van der Waals surface area contributed by atoms with E-state index < -0.39 is 17.5 Å². The highest BCUT2D eigenvalue weighted by atomic mass is 32.1. The standard InChI is InChI=1S/C13H21N3O3S/c1-6-9-8(2)20-11(14-9)15-12(19)16(7-10(17)18)13(3,4)5/h6-7H2,1-5H3,(H,17,18)(H,14,15,19). The fourth-order valence-corrected chi connectivity index (χ4v) is 2.61. The van der Waals surface area contributed by atoms with Gasteiger partial charge in [0.05, 0.1) is 5.69 Å². The minimum Gasteiger partial charge on any atom is -0.480 e. The second-order valence-electron chi connectivity index (χ2n) is 5.46. The Bertz CT molecular complexity index is 505. The molecule has 1 aromatic rings. The largest absolute Gasteiger partial charge is 0.480 e. The molecule has 1 rings (SSSR count). The zero-order valence-electron chi connectivity index (χ0n) is 12.5. The highest BCUT2D eigenvalue weighted by Gasteiger charge is 2.29. The van der Waals surface area contributed by atoms with Crippen LogP contribution in [-0.4, -0.2) is 39.1 Å². The Hall–Kier alpha value is -1.63. The molecule has 0 fully saturated rings. The number of anilines is 1. The van der Waals surface area contributed by atoms with E-state index >= 15 is 0 Å². The van der Waals surface area contributed by atoms with Crippen LogP contribution in [0.15, 0.2) is 0 Å². The summed E-state index contributed by atoms with van der Waals surface area (Å²) in [7, 11) is 0. The Morgan fingerprint density at radius 3 is 2.40 bits per heavy atom. The van der Waals surface area contributed by atoms with Gasteiger partial charge in [0.2, 0.25) is 0 Å². The lowest BCUT2D eigenvalue weighted by Gasteiger charge is -2.33. The Morgan fingerprint density at radius 2 is 2.00 bits per heavy atom. The normalized spacial score (nSPS) is 11.2. The molecule has 0 bridgehead atoms. The van der Waals surface area contributed by atoms with Crippen molar-refractivity contribution >= 4 is 28.5 Å². The number of carboxylic acids is 1. The number of aliphatic carboxylic acids is 1. The molecule has 2 amide bonds. The van der Waals surface area contributed by atoms with Gasteiger partial charge in [0.1, 0.15) is 6.54 Å². The Balaban J connectivity index is 2.87. The molecule has 1 heterocycles. The van der Waals surface area contributed by atoms with Crippen molar-refractivity contribution in [3.05, 3.63) is 10.6 Å². The molecule has 0 spiro atoms. The lowest BCUT2D eigenvalue weighted by Crippen LogP contribution is -2.50. The predicted octanol–water partition coefficient (Wildman–Crippen LogP) is 2.73. The van der Waals surface area contributed by atoms with Crippen molar-refractivity contribution in [3.8, 4) is 0 Å². The number of carbonyl (C=O) groups is 2. The molecule has 0 aliphatic carbocycles. The van der Waals surface area contributed by atoms with Crippen LogP contribution < -0.4 is 5.32 Å². The van der Waals surface area contributed by atoms with Gasteiger partial charge in [-0.1, -0.05) is 6.92 Å². The van der Waals surface area contributed by atoms with Gasteiger partial charge >= 0.3 is 12.0 Å². The smallest absolute Gasteiger partial charge is 0.324 e. The lowest BCUT2D eigenvalue weighted by atomic mass is 10.1. The summed E-state index contributed by atoms with van der Waals surface area (Å²) in [5.41, 5.74) is 0.369. The van der Waals surface area contributed by atoms with Crippen LogP contribution in [0.3, 0.4) is 0 Å². The number of amides is 2. The fraction of sp³-hybridized carbons (Fsp3) is 0.615. The maximum atomic E-state index is 12.2. The summed E-state index contributed by atoms with van der Waals surface area (Å²) in [6.07, 6.45) is 0.802. The van der Waals surface area contributed by atoms with E-state index in [-0.39, 0.29) is 6.54 Å². The third-order valence-electron chi connectivity index (χ3n) is 2.79. The summed E-state index contributed by atoms with van der Waals surface area (Å²) in [5.74, 6) is -1.04. The molecule has 7 heteroatoms. The van der Waals surface area contributed by atoms with Gasteiger partial charge in [-0.3, -0.25) is 10.1 Å². The molecular weight excluding hydrogens is 278 g/mol. The third kappa shape index (κ3) is 4.19. The van der Waals surface area contributed by atoms with Gasteiger partial charge in [0.15, 0.2) is 5.13 Å². The number of hydrogen-bond donors (Lipinski definition) is 2. The number of aromatic nitrogens is 1. The Morgan fingerprint density at radius 1 is 1.40 bits per heavy atom. The number of nitrogens with zero attached hydrogens (tertiary/aromatic N) is 2. The van der Waals surface area contributed by atoms with Crippen LogP contribution in [0.25, 0.3) is 0 Å². The first-order valence-electron chi connectivity index (χ1n) is 6.41. The summed E-state index contributed by atoms with van der Waals surface area (Å²) in [6, 6.07) is -0.448. The van der Waals surface area contributed by atoms with Gasteiger partial charge in [-0.25, -0.2) is 9.78 Å². The molecule has 0 atom stereocenters. The first kappa shape index (κ1) is 16.4. The monoisotopic (exact) mass is 299 g/mol.